The zero-order valence-electron chi connectivity index (χ0n) is 16.5. The minimum atomic E-state index is -0.390. The molecule has 3 amide bonds. The summed E-state index contributed by atoms with van der Waals surface area (Å²) in [6.45, 7) is 0.491. The van der Waals surface area contributed by atoms with Crippen LogP contribution in [0.1, 0.15) is 21.6 Å². The highest BCUT2D eigenvalue weighted by Crippen LogP contribution is 2.13. The van der Waals surface area contributed by atoms with Crippen molar-refractivity contribution in [2.75, 3.05) is 7.05 Å². The molecule has 12 nitrogen and oxygen atoms in total. The van der Waals surface area contributed by atoms with Crippen molar-refractivity contribution in [2.24, 2.45) is 0 Å². The number of carbonyl (C=O) groups is 2. The maximum Gasteiger partial charge on any atom is 0.314 e. The minimum absolute atomic E-state index is 0.217. The van der Waals surface area contributed by atoms with E-state index < -0.39 is 5.91 Å². The molecular formula is C19H19N9O3. The van der Waals surface area contributed by atoms with Crippen LogP contribution in [0.3, 0.4) is 0 Å². The van der Waals surface area contributed by atoms with Crippen molar-refractivity contribution in [1.29, 1.82) is 0 Å². The Balaban J connectivity index is 1.44. The number of aromatic amines is 2. The molecule has 3 heterocycles. The van der Waals surface area contributed by atoms with Crippen molar-refractivity contribution >= 4 is 23.0 Å². The number of H-pyrrole nitrogens is 2. The van der Waals surface area contributed by atoms with E-state index in [1.54, 1.807) is 10.9 Å². The fraction of sp³-hybridized carbons (Fsp3) is 0.158. The Hall–Kier alpha value is -4.48. The van der Waals surface area contributed by atoms with E-state index in [9.17, 15) is 14.4 Å². The first-order chi connectivity index (χ1) is 15.0. The van der Waals surface area contributed by atoms with Crippen LogP contribution in [0.15, 0.2) is 47.8 Å². The number of hydrogen-bond donors (Lipinski definition) is 5. The Morgan fingerprint density at radius 3 is 2.87 bits per heavy atom. The molecule has 12 heteroatoms. The standard InChI is InChI=1S/C19H19N9O3/c1-20-19(31)23-7-12-9-28(27-26-12)13-4-2-3-11(5-13)6-22-17(29)14-8-21-16-15(14)18(30)25-10-24-16/h2-5,8-10H,6-7H2,1H3,(H,22,29)(H2,20,23,31)(H2,21,24,25,30). The van der Waals surface area contributed by atoms with Crippen LogP contribution in [0.4, 0.5) is 4.79 Å². The first-order valence-electron chi connectivity index (χ1n) is 9.34. The van der Waals surface area contributed by atoms with E-state index in [4.69, 9.17) is 0 Å². The molecule has 0 saturated carbocycles. The number of nitrogens with one attached hydrogen (secondary N) is 5. The molecule has 0 aliphatic rings. The summed E-state index contributed by atoms with van der Waals surface area (Å²) >= 11 is 0. The molecule has 0 aliphatic heterocycles. The monoisotopic (exact) mass is 421 g/mol. The lowest BCUT2D eigenvalue weighted by Crippen LogP contribution is -2.32. The summed E-state index contributed by atoms with van der Waals surface area (Å²) in [6, 6.07) is 7.09. The van der Waals surface area contributed by atoms with Crippen molar-refractivity contribution in [3.63, 3.8) is 0 Å². The van der Waals surface area contributed by atoms with Crippen LogP contribution < -0.4 is 21.5 Å². The maximum atomic E-state index is 12.6. The van der Waals surface area contributed by atoms with Crippen LogP contribution in [-0.4, -0.2) is 48.9 Å². The molecule has 1 aromatic carbocycles. The van der Waals surface area contributed by atoms with Gasteiger partial charge in [-0.2, -0.15) is 0 Å². The first kappa shape index (κ1) is 19.8. The molecule has 31 heavy (non-hydrogen) atoms. The molecule has 0 saturated heterocycles. The fourth-order valence-corrected chi connectivity index (χ4v) is 3.00. The molecule has 3 aromatic heterocycles. The van der Waals surface area contributed by atoms with Gasteiger partial charge in [0.25, 0.3) is 11.5 Å². The second-order valence-electron chi connectivity index (χ2n) is 6.60. The smallest absolute Gasteiger partial charge is 0.314 e. The average Bonchev–Trinajstić information content (AvgIpc) is 3.44. The highest BCUT2D eigenvalue weighted by Gasteiger charge is 2.15. The summed E-state index contributed by atoms with van der Waals surface area (Å²) in [4.78, 5) is 45.1. The molecular weight excluding hydrogens is 402 g/mol. The van der Waals surface area contributed by atoms with Gasteiger partial charge >= 0.3 is 6.03 Å². The van der Waals surface area contributed by atoms with Gasteiger partial charge in [-0.1, -0.05) is 17.3 Å². The number of aromatic nitrogens is 6. The second-order valence-corrected chi connectivity index (χ2v) is 6.60. The predicted molar refractivity (Wildman–Crippen MR) is 111 cm³/mol. The van der Waals surface area contributed by atoms with Gasteiger partial charge in [0.05, 0.1) is 35.7 Å². The minimum Gasteiger partial charge on any atom is -0.348 e. The lowest BCUT2D eigenvalue weighted by atomic mass is 10.2. The lowest BCUT2D eigenvalue weighted by molar-refractivity contribution is 0.0952. The first-order valence-corrected chi connectivity index (χ1v) is 9.34. The summed E-state index contributed by atoms with van der Waals surface area (Å²) < 4.78 is 1.58. The number of amides is 3. The van der Waals surface area contributed by atoms with Gasteiger partial charge in [-0.05, 0) is 17.7 Å². The molecule has 4 aromatic rings. The molecule has 0 fully saturated rings. The summed E-state index contributed by atoms with van der Waals surface area (Å²) in [5.74, 6) is -0.390. The van der Waals surface area contributed by atoms with Crippen LogP contribution in [0.25, 0.3) is 16.7 Å². The van der Waals surface area contributed by atoms with E-state index in [-0.39, 0.29) is 35.6 Å². The Kier molecular flexibility index (Phi) is 5.43. The number of fused-ring (bicyclic) bond motifs is 1. The van der Waals surface area contributed by atoms with Gasteiger partial charge in [-0.3, -0.25) is 9.59 Å². The van der Waals surface area contributed by atoms with Gasteiger partial charge in [-0.25, -0.2) is 14.5 Å². The zero-order chi connectivity index (χ0) is 21.8. The number of hydrogen-bond acceptors (Lipinski definition) is 6. The van der Waals surface area contributed by atoms with Gasteiger partial charge in [0, 0.05) is 19.8 Å². The van der Waals surface area contributed by atoms with Gasteiger partial charge in [0.15, 0.2) is 0 Å². The number of nitrogens with zero attached hydrogens (tertiary/aromatic N) is 4. The molecule has 0 aliphatic carbocycles. The Bertz CT molecular complexity index is 1300. The third kappa shape index (κ3) is 4.27. The molecule has 5 N–H and O–H groups in total. The molecule has 4 rings (SSSR count). The molecule has 0 unspecified atom stereocenters. The molecule has 0 spiro atoms. The summed E-state index contributed by atoms with van der Waals surface area (Å²) in [6.07, 6.45) is 4.44. The number of rotatable bonds is 6. The topological polar surface area (TPSA) is 162 Å². The molecule has 158 valence electrons. The largest absolute Gasteiger partial charge is 0.348 e. The van der Waals surface area contributed by atoms with Crippen LogP contribution >= 0.6 is 0 Å². The molecule has 0 atom stereocenters. The van der Waals surface area contributed by atoms with E-state index in [0.717, 1.165) is 11.3 Å². The Labute approximate surface area is 175 Å². The summed E-state index contributed by atoms with van der Waals surface area (Å²) in [5.41, 5.74) is 2.37. The normalized spacial score (nSPS) is 10.7. The SMILES string of the molecule is CNC(=O)NCc1cn(-c2cccc(CNC(=O)c3c[nH]c4nc[nH]c(=O)c34)c2)nn1. The van der Waals surface area contributed by atoms with E-state index in [2.05, 4.69) is 41.2 Å². The van der Waals surface area contributed by atoms with Crippen molar-refractivity contribution < 1.29 is 9.59 Å². The zero-order valence-corrected chi connectivity index (χ0v) is 16.5. The Morgan fingerprint density at radius 2 is 2.03 bits per heavy atom. The fourth-order valence-electron chi connectivity index (χ4n) is 3.00. The number of benzene rings is 1. The second kappa shape index (κ2) is 8.49. The highest BCUT2D eigenvalue weighted by atomic mass is 16.2. The van der Waals surface area contributed by atoms with E-state index in [0.29, 0.717) is 11.3 Å². The van der Waals surface area contributed by atoms with Gasteiger partial charge < -0.3 is 25.9 Å². The van der Waals surface area contributed by atoms with Crippen LogP contribution in [0, 0.1) is 0 Å². The summed E-state index contributed by atoms with van der Waals surface area (Å²) in [7, 11) is 1.53. The van der Waals surface area contributed by atoms with Crippen molar-refractivity contribution in [1.82, 2.24) is 45.9 Å². The van der Waals surface area contributed by atoms with E-state index >= 15 is 0 Å². The van der Waals surface area contributed by atoms with E-state index in [1.807, 2.05) is 24.3 Å². The Morgan fingerprint density at radius 1 is 1.16 bits per heavy atom. The van der Waals surface area contributed by atoms with Gasteiger partial charge in [0.1, 0.15) is 11.3 Å². The van der Waals surface area contributed by atoms with Gasteiger partial charge in [-0.15, -0.1) is 5.10 Å². The van der Waals surface area contributed by atoms with Gasteiger partial charge in [0.2, 0.25) is 0 Å². The van der Waals surface area contributed by atoms with E-state index in [1.165, 1.54) is 19.6 Å². The third-order valence-corrected chi connectivity index (χ3v) is 4.55. The van der Waals surface area contributed by atoms with Crippen molar-refractivity contribution in [3.8, 4) is 5.69 Å². The van der Waals surface area contributed by atoms with Crippen LogP contribution in [-0.2, 0) is 13.1 Å². The number of carbonyl (C=O) groups excluding carboxylic acids is 2. The quantitative estimate of drug-likeness (QED) is 0.298. The van der Waals surface area contributed by atoms with Crippen molar-refractivity contribution in [3.05, 3.63) is 70.2 Å². The predicted octanol–water partition coefficient (Wildman–Crippen LogP) is 0.191. The number of urea groups is 1. The lowest BCUT2D eigenvalue weighted by Gasteiger charge is -2.07. The van der Waals surface area contributed by atoms with Crippen LogP contribution in [0.2, 0.25) is 0 Å². The summed E-state index contributed by atoms with van der Waals surface area (Å²) in [5, 5.41) is 16.2. The molecule has 0 bridgehead atoms. The molecule has 0 radical (unpaired) electrons. The third-order valence-electron chi connectivity index (χ3n) is 4.55. The van der Waals surface area contributed by atoms with Crippen LogP contribution in [0.5, 0.6) is 0 Å². The maximum absolute atomic E-state index is 12.6. The highest BCUT2D eigenvalue weighted by molar-refractivity contribution is 6.05. The average molecular weight is 421 g/mol. The van der Waals surface area contributed by atoms with Crippen molar-refractivity contribution in [2.45, 2.75) is 13.1 Å².